The number of pyridine rings is 1. The minimum atomic E-state index is 0.269. The molecule has 1 aromatic rings. The lowest BCUT2D eigenvalue weighted by atomic mass is 10.0. The molecule has 1 aromatic heterocycles. The van der Waals surface area contributed by atoms with E-state index in [4.69, 9.17) is 0 Å². The molecule has 0 bridgehead atoms. The van der Waals surface area contributed by atoms with Crippen molar-refractivity contribution in [3.8, 4) is 0 Å². The Hall–Kier alpha value is -1.13. The summed E-state index contributed by atoms with van der Waals surface area (Å²) < 4.78 is 0. The first-order chi connectivity index (χ1) is 10.0. The molecule has 1 aliphatic heterocycles. The fraction of sp³-hybridized carbons (Fsp3) is 0.706. The van der Waals surface area contributed by atoms with Gasteiger partial charge in [0.1, 0.15) is 5.82 Å². The molecule has 2 rings (SSSR count). The zero-order valence-corrected chi connectivity index (χ0v) is 14.0. The first-order valence-electron chi connectivity index (χ1n) is 8.16. The molecule has 0 aliphatic carbocycles. The van der Waals surface area contributed by atoms with Crippen LogP contribution in [0, 0.1) is 0 Å². The summed E-state index contributed by atoms with van der Waals surface area (Å²) in [6, 6.07) is 4.34. The summed E-state index contributed by atoms with van der Waals surface area (Å²) in [5.41, 5.74) is 1.59. The van der Waals surface area contributed by atoms with Crippen molar-refractivity contribution in [1.82, 2.24) is 15.2 Å². The van der Waals surface area contributed by atoms with Crippen molar-refractivity contribution in [1.29, 1.82) is 0 Å². The summed E-state index contributed by atoms with van der Waals surface area (Å²) in [7, 11) is 0. The Balaban J connectivity index is 1.92. The van der Waals surface area contributed by atoms with Crippen molar-refractivity contribution in [2.45, 2.75) is 46.2 Å². The first-order valence-corrected chi connectivity index (χ1v) is 8.16. The van der Waals surface area contributed by atoms with E-state index >= 15 is 0 Å². The predicted molar refractivity (Wildman–Crippen MR) is 89.8 cm³/mol. The number of hydrogen-bond acceptors (Lipinski definition) is 4. The largest absolute Gasteiger partial charge is 0.354 e. The van der Waals surface area contributed by atoms with Gasteiger partial charge in [0.05, 0.1) is 0 Å². The third-order valence-electron chi connectivity index (χ3n) is 4.12. The molecular weight excluding hydrogens is 260 g/mol. The van der Waals surface area contributed by atoms with Crippen molar-refractivity contribution in [3.63, 3.8) is 0 Å². The summed E-state index contributed by atoms with van der Waals surface area (Å²) in [6.07, 6.45) is 3.11. The fourth-order valence-electron chi connectivity index (χ4n) is 2.76. The first kappa shape index (κ1) is 16.2. The summed E-state index contributed by atoms with van der Waals surface area (Å²) >= 11 is 0. The van der Waals surface area contributed by atoms with Crippen molar-refractivity contribution in [3.05, 3.63) is 23.9 Å². The van der Waals surface area contributed by atoms with E-state index in [1.165, 1.54) is 12.0 Å². The van der Waals surface area contributed by atoms with Gasteiger partial charge in [-0.25, -0.2) is 4.98 Å². The Bertz CT molecular complexity index is 431. The Morgan fingerprint density at radius 1 is 1.19 bits per heavy atom. The monoisotopic (exact) mass is 290 g/mol. The molecule has 1 aliphatic rings. The third-order valence-corrected chi connectivity index (χ3v) is 4.12. The van der Waals surface area contributed by atoms with Crippen LogP contribution >= 0.6 is 0 Å². The van der Waals surface area contributed by atoms with Crippen LogP contribution in [0.1, 0.15) is 39.7 Å². The van der Waals surface area contributed by atoms with Gasteiger partial charge >= 0.3 is 0 Å². The molecule has 1 saturated heterocycles. The van der Waals surface area contributed by atoms with E-state index in [2.05, 4.69) is 59.9 Å². The van der Waals surface area contributed by atoms with Crippen molar-refractivity contribution in [2.24, 2.45) is 0 Å². The molecule has 118 valence electrons. The molecule has 0 amide bonds. The lowest BCUT2D eigenvalue weighted by molar-refractivity contribution is 0.128. The van der Waals surface area contributed by atoms with E-state index in [0.717, 1.165) is 45.1 Å². The Morgan fingerprint density at radius 2 is 1.90 bits per heavy atom. The van der Waals surface area contributed by atoms with Crippen LogP contribution in [0.2, 0.25) is 0 Å². The van der Waals surface area contributed by atoms with Crippen LogP contribution in [0.15, 0.2) is 18.3 Å². The summed E-state index contributed by atoms with van der Waals surface area (Å²) in [4.78, 5) is 9.52. The zero-order valence-electron chi connectivity index (χ0n) is 14.0. The molecule has 1 fully saturated rings. The van der Waals surface area contributed by atoms with Gasteiger partial charge in [-0.05, 0) is 51.4 Å². The van der Waals surface area contributed by atoms with Crippen LogP contribution in [0.3, 0.4) is 0 Å². The molecule has 0 radical (unpaired) electrons. The number of hydrogen-bond donors (Lipinski definition) is 1. The maximum atomic E-state index is 4.56. The number of rotatable bonds is 5. The smallest absolute Gasteiger partial charge is 0.128 e. The summed E-state index contributed by atoms with van der Waals surface area (Å²) in [6.45, 7) is 15.4. The van der Waals surface area contributed by atoms with Crippen LogP contribution in [0.4, 0.5) is 5.82 Å². The minimum absolute atomic E-state index is 0.269. The van der Waals surface area contributed by atoms with Gasteiger partial charge in [-0.15, -0.1) is 0 Å². The van der Waals surface area contributed by atoms with Gasteiger partial charge in [0.15, 0.2) is 0 Å². The Morgan fingerprint density at radius 3 is 2.52 bits per heavy atom. The fourth-order valence-corrected chi connectivity index (χ4v) is 2.76. The maximum Gasteiger partial charge on any atom is 0.128 e. The van der Waals surface area contributed by atoms with E-state index in [0.29, 0.717) is 0 Å². The molecule has 4 heteroatoms. The van der Waals surface area contributed by atoms with Crippen molar-refractivity contribution >= 4 is 5.82 Å². The van der Waals surface area contributed by atoms with Crippen LogP contribution < -0.4 is 10.2 Å². The average molecular weight is 290 g/mol. The lowest BCUT2D eigenvalue weighted by Crippen LogP contribution is -2.53. The minimum Gasteiger partial charge on any atom is -0.354 e. The average Bonchev–Trinajstić information content (AvgIpc) is 2.47. The molecule has 0 unspecified atom stereocenters. The molecule has 1 N–H and O–H groups in total. The quantitative estimate of drug-likeness (QED) is 0.844. The van der Waals surface area contributed by atoms with Crippen LogP contribution in [-0.4, -0.2) is 48.1 Å². The Kier molecular flexibility index (Phi) is 5.59. The standard InChI is InChI=1S/C17H30N4/c1-5-7-18-14-15-6-8-19-16(13-15)20-9-11-21(12-10-20)17(2,3)4/h6,8,13,18H,5,7,9-12,14H2,1-4H3. The van der Waals surface area contributed by atoms with Gasteiger partial charge in [0.2, 0.25) is 0 Å². The molecule has 0 aromatic carbocycles. The highest BCUT2D eigenvalue weighted by Gasteiger charge is 2.26. The van der Waals surface area contributed by atoms with E-state index < -0.39 is 0 Å². The SMILES string of the molecule is CCCNCc1ccnc(N2CCN(C(C)(C)C)CC2)c1. The topological polar surface area (TPSA) is 31.4 Å². The van der Waals surface area contributed by atoms with Gasteiger partial charge in [-0.1, -0.05) is 6.92 Å². The maximum absolute atomic E-state index is 4.56. The van der Waals surface area contributed by atoms with Crippen molar-refractivity contribution < 1.29 is 0 Å². The Labute approximate surface area is 129 Å². The number of nitrogens with one attached hydrogen (secondary N) is 1. The van der Waals surface area contributed by atoms with Gasteiger partial charge in [-0.2, -0.15) is 0 Å². The number of anilines is 1. The number of piperazine rings is 1. The van der Waals surface area contributed by atoms with Gasteiger partial charge < -0.3 is 10.2 Å². The number of aromatic nitrogens is 1. The van der Waals surface area contributed by atoms with Gasteiger partial charge in [-0.3, -0.25) is 4.90 Å². The van der Waals surface area contributed by atoms with Gasteiger partial charge in [0, 0.05) is 44.5 Å². The highest BCUT2D eigenvalue weighted by Crippen LogP contribution is 2.19. The van der Waals surface area contributed by atoms with E-state index in [9.17, 15) is 0 Å². The molecule has 2 heterocycles. The molecule has 4 nitrogen and oxygen atoms in total. The molecule has 0 saturated carbocycles. The zero-order chi connectivity index (χ0) is 15.3. The predicted octanol–water partition coefficient (Wildman–Crippen LogP) is 2.50. The second kappa shape index (κ2) is 7.23. The van der Waals surface area contributed by atoms with E-state index in [1.54, 1.807) is 0 Å². The molecule has 21 heavy (non-hydrogen) atoms. The second-order valence-corrected chi connectivity index (χ2v) is 6.84. The molecular formula is C17H30N4. The normalized spacial score (nSPS) is 17.2. The highest BCUT2D eigenvalue weighted by molar-refractivity contribution is 5.41. The van der Waals surface area contributed by atoms with Crippen LogP contribution in [-0.2, 0) is 6.54 Å². The number of nitrogens with zero attached hydrogens (tertiary/aromatic N) is 3. The van der Waals surface area contributed by atoms with Gasteiger partial charge in [0.25, 0.3) is 0 Å². The molecule has 0 atom stereocenters. The summed E-state index contributed by atoms with van der Waals surface area (Å²) in [5.74, 6) is 1.12. The lowest BCUT2D eigenvalue weighted by Gasteiger charge is -2.42. The van der Waals surface area contributed by atoms with Crippen molar-refractivity contribution in [2.75, 3.05) is 37.6 Å². The third kappa shape index (κ3) is 4.68. The molecule has 0 spiro atoms. The summed E-state index contributed by atoms with van der Waals surface area (Å²) in [5, 5.41) is 3.45. The second-order valence-electron chi connectivity index (χ2n) is 6.84. The highest BCUT2D eigenvalue weighted by atomic mass is 15.3. The van der Waals surface area contributed by atoms with Crippen LogP contribution in [0.5, 0.6) is 0 Å². The van der Waals surface area contributed by atoms with E-state index in [-0.39, 0.29) is 5.54 Å². The van der Waals surface area contributed by atoms with E-state index in [1.807, 2.05) is 6.20 Å². The van der Waals surface area contributed by atoms with Crippen LogP contribution in [0.25, 0.3) is 0 Å².